The second kappa shape index (κ2) is 6.55. The second-order valence-electron chi connectivity index (χ2n) is 4.42. The van der Waals surface area contributed by atoms with E-state index < -0.39 is 4.92 Å². The lowest BCUT2D eigenvalue weighted by molar-refractivity contribution is -0.385. The van der Waals surface area contributed by atoms with Crippen molar-refractivity contribution in [1.29, 1.82) is 0 Å². The molecule has 110 valence electrons. The number of non-ortho nitro benzene ring substituents is 1. The van der Waals surface area contributed by atoms with Crippen LogP contribution >= 0.6 is 31.9 Å². The van der Waals surface area contributed by atoms with Crippen molar-refractivity contribution in [2.45, 2.75) is 13.0 Å². The Morgan fingerprint density at radius 1 is 1.24 bits per heavy atom. The summed E-state index contributed by atoms with van der Waals surface area (Å²) in [6.45, 7) is 1.86. The Kier molecular flexibility index (Phi) is 4.97. The van der Waals surface area contributed by atoms with Crippen LogP contribution in [0.25, 0.3) is 0 Å². The van der Waals surface area contributed by atoms with Gasteiger partial charge in [0.2, 0.25) is 0 Å². The molecule has 0 radical (unpaired) electrons. The van der Waals surface area contributed by atoms with Crippen molar-refractivity contribution in [2.24, 2.45) is 5.73 Å². The monoisotopic (exact) mass is 414 g/mol. The van der Waals surface area contributed by atoms with Gasteiger partial charge in [0.1, 0.15) is 5.75 Å². The molecule has 0 aliphatic heterocycles. The fraction of sp³-hybridized carbons (Fsp3) is 0.143. The molecule has 0 aliphatic carbocycles. The summed E-state index contributed by atoms with van der Waals surface area (Å²) in [6, 6.07) is 10.0. The highest BCUT2D eigenvalue weighted by Crippen LogP contribution is 2.41. The number of halogens is 2. The van der Waals surface area contributed by atoms with Gasteiger partial charge in [0, 0.05) is 23.7 Å². The predicted molar refractivity (Wildman–Crippen MR) is 87.6 cm³/mol. The molecule has 0 aromatic heterocycles. The van der Waals surface area contributed by atoms with Crippen LogP contribution in [0.3, 0.4) is 0 Å². The van der Waals surface area contributed by atoms with Crippen molar-refractivity contribution >= 4 is 37.5 Å². The van der Waals surface area contributed by atoms with Crippen LogP contribution in [0.2, 0.25) is 0 Å². The van der Waals surface area contributed by atoms with Crippen LogP contribution in [-0.2, 0) is 0 Å². The van der Waals surface area contributed by atoms with Crippen LogP contribution in [0.1, 0.15) is 18.5 Å². The average molecular weight is 416 g/mol. The number of nitrogens with two attached hydrogens (primary N) is 1. The fourth-order valence-electron chi connectivity index (χ4n) is 1.81. The molecule has 5 nitrogen and oxygen atoms in total. The number of nitro groups is 1. The van der Waals surface area contributed by atoms with E-state index in [2.05, 4.69) is 31.9 Å². The molecule has 0 saturated carbocycles. The molecule has 0 heterocycles. The normalized spacial score (nSPS) is 12.0. The maximum atomic E-state index is 10.8. The third kappa shape index (κ3) is 3.61. The van der Waals surface area contributed by atoms with Crippen molar-refractivity contribution in [3.63, 3.8) is 0 Å². The van der Waals surface area contributed by atoms with E-state index >= 15 is 0 Å². The Labute approximate surface area is 138 Å². The van der Waals surface area contributed by atoms with Gasteiger partial charge in [0.25, 0.3) is 5.69 Å². The number of nitro benzene ring substituents is 1. The Balaban J connectivity index is 2.43. The summed E-state index contributed by atoms with van der Waals surface area (Å²) in [4.78, 5) is 10.4. The average Bonchev–Trinajstić information content (AvgIpc) is 2.42. The Morgan fingerprint density at radius 2 is 1.81 bits per heavy atom. The molecule has 0 amide bonds. The molecule has 2 N–H and O–H groups in total. The van der Waals surface area contributed by atoms with E-state index in [9.17, 15) is 10.1 Å². The summed E-state index contributed by atoms with van der Waals surface area (Å²) in [6.07, 6.45) is 0. The number of rotatable bonds is 4. The molecule has 0 spiro atoms. The van der Waals surface area contributed by atoms with Gasteiger partial charge in [-0.2, -0.15) is 0 Å². The molecule has 0 aliphatic rings. The van der Waals surface area contributed by atoms with Gasteiger partial charge in [-0.1, -0.05) is 18.2 Å². The molecular weight excluding hydrogens is 404 g/mol. The number of benzene rings is 2. The summed E-state index contributed by atoms with van der Waals surface area (Å²) < 4.78 is 6.85. The zero-order valence-electron chi connectivity index (χ0n) is 11.0. The SMILES string of the molecule is CC(N)c1ccccc1Oc1c(Br)cc([N+](=O)[O-])cc1Br. The number of hydrogen-bond donors (Lipinski definition) is 1. The number of hydrogen-bond acceptors (Lipinski definition) is 4. The molecule has 0 bridgehead atoms. The molecule has 2 aromatic carbocycles. The molecule has 1 unspecified atom stereocenters. The number of ether oxygens (including phenoxy) is 1. The molecule has 7 heteroatoms. The summed E-state index contributed by atoms with van der Waals surface area (Å²) in [5.41, 5.74) is 6.75. The van der Waals surface area contributed by atoms with Gasteiger partial charge in [-0.3, -0.25) is 10.1 Å². The maximum absolute atomic E-state index is 10.8. The van der Waals surface area contributed by atoms with Crippen LogP contribution in [0.4, 0.5) is 5.69 Å². The first-order chi connectivity index (χ1) is 9.90. The zero-order chi connectivity index (χ0) is 15.6. The van der Waals surface area contributed by atoms with E-state index in [0.717, 1.165) is 5.56 Å². The fourth-order valence-corrected chi connectivity index (χ4v) is 3.13. The lowest BCUT2D eigenvalue weighted by Gasteiger charge is -2.15. The molecular formula is C14H12Br2N2O3. The van der Waals surface area contributed by atoms with E-state index in [4.69, 9.17) is 10.5 Å². The van der Waals surface area contributed by atoms with Crippen molar-refractivity contribution < 1.29 is 9.66 Å². The van der Waals surface area contributed by atoms with Gasteiger partial charge in [0.05, 0.1) is 13.9 Å². The maximum Gasteiger partial charge on any atom is 0.271 e. The van der Waals surface area contributed by atoms with Crippen LogP contribution in [-0.4, -0.2) is 4.92 Å². The highest BCUT2D eigenvalue weighted by molar-refractivity contribution is 9.11. The van der Waals surface area contributed by atoms with Gasteiger partial charge in [0.15, 0.2) is 5.75 Å². The minimum atomic E-state index is -0.463. The Morgan fingerprint density at radius 3 is 2.33 bits per heavy atom. The quantitative estimate of drug-likeness (QED) is 0.567. The van der Waals surface area contributed by atoms with E-state index in [1.807, 2.05) is 25.1 Å². The van der Waals surface area contributed by atoms with Gasteiger partial charge in [-0.25, -0.2) is 0 Å². The number of para-hydroxylation sites is 1. The van der Waals surface area contributed by atoms with Gasteiger partial charge in [-0.05, 0) is 44.8 Å². The molecule has 2 rings (SSSR count). The van der Waals surface area contributed by atoms with Crippen LogP contribution in [0.5, 0.6) is 11.5 Å². The summed E-state index contributed by atoms with van der Waals surface area (Å²) >= 11 is 6.59. The van der Waals surface area contributed by atoms with E-state index in [1.165, 1.54) is 12.1 Å². The highest BCUT2D eigenvalue weighted by atomic mass is 79.9. The van der Waals surface area contributed by atoms with Crippen molar-refractivity contribution in [1.82, 2.24) is 0 Å². The first-order valence-corrected chi connectivity index (χ1v) is 7.64. The van der Waals surface area contributed by atoms with Gasteiger partial charge >= 0.3 is 0 Å². The minimum Gasteiger partial charge on any atom is -0.455 e. The van der Waals surface area contributed by atoms with Gasteiger partial charge in [-0.15, -0.1) is 0 Å². The van der Waals surface area contributed by atoms with E-state index in [1.54, 1.807) is 6.07 Å². The van der Waals surface area contributed by atoms with Crippen LogP contribution in [0, 0.1) is 10.1 Å². The highest BCUT2D eigenvalue weighted by Gasteiger charge is 2.17. The largest absolute Gasteiger partial charge is 0.455 e. The van der Waals surface area contributed by atoms with Crippen molar-refractivity contribution in [3.8, 4) is 11.5 Å². The van der Waals surface area contributed by atoms with E-state index in [-0.39, 0.29) is 11.7 Å². The van der Waals surface area contributed by atoms with Crippen molar-refractivity contribution in [3.05, 3.63) is 61.0 Å². The summed E-state index contributed by atoms with van der Waals surface area (Å²) in [7, 11) is 0. The Bertz CT molecular complexity index is 667. The number of nitrogens with zero attached hydrogens (tertiary/aromatic N) is 1. The topological polar surface area (TPSA) is 78.4 Å². The standard InChI is InChI=1S/C14H12Br2N2O3/c1-8(17)10-4-2-3-5-13(10)21-14-11(15)6-9(18(19)20)7-12(14)16/h2-8H,17H2,1H3. The summed E-state index contributed by atoms with van der Waals surface area (Å²) in [5.74, 6) is 1.08. The third-order valence-corrected chi connectivity index (χ3v) is 3.99. The first kappa shape index (κ1) is 15.9. The smallest absolute Gasteiger partial charge is 0.271 e. The lowest BCUT2D eigenvalue weighted by atomic mass is 10.1. The predicted octanol–water partition coefficient (Wildman–Crippen LogP) is 4.93. The Hall–Kier alpha value is -1.44. The molecule has 1 atom stereocenters. The zero-order valence-corrected chi connectivity index (χ0v) is 14.2. The molecule has 21 heavy (non-hydrogen) atoms. The van der Waals surface area contributed by atoms with Crippen LogP contribution < -0.4 is 10.5 Å². The summed E-state index contributed by atoms with van der Waals surface area (Å²) in [5, 5.41) is 10.8. The first-order valence-electron chi connectivity index (χ1n) is 6.06. The van der Waals surface area contributed by atoms with Gasteiger partial charge < -0.3 is 10.5 Å². The van der Waals surface area contributed by atoms with E-state index in [0.29, 0.717) is 20.4 Å². The second-order valence-corrected chi connectivity index (χ2v) is 6.13. The van der Waals surface area contributed by atoms with Crippen LogP contribution in [0.15, 0.2) is 45.3 Å². The molecule has 0 saturated heterocycles. The molecule has 2 aromatic rings. The van der Waals surface area contributed by atoms with Crippen molar-refractivity contribution in [2.75, 3.05) is 0 Å². The minimum absolute atomic E-state index is 0.0263. The molecule has 0 fully saturated rings. The third-order valence-electron chi connectivity index (χ3n) is 2.82. The lowest BCUT2D eigenvalue weighted by Crippen LogP contribution is -2.06.